The first kappa shape index (κ1) is 23.0. The van der Waals surface area contributed by atoms with Gasteiger partial charge in [-0.25, -0.2) is 0 Å². The maximum atomic E-state index is 13.2. The number of aromatic hydroxyl groups is 1. The molecule has 31 heavy (non-hydrogen) atoms. The molecule has 0 saturated carbocycles. The number of methoxy groups -OCH3 is 1. The number of phenolic OH excluding ortho intramolecular Hbond substituents is 1. The Bertz CT molecular complexity index is 930. The SMILES string of the molecule is CCOCCOC(=O)C1C(C)=NC2=C(C(=O)CC(C)(C)C2)[C@@H]1c1ccc(OC)c(O)c1. The summed E-state index contributed by atoms with van der Waals surface area (Å²) in [6.07, 6.45) is 1.03. The molecule has 1 aliphatic heterocycles. The molecule has 1 aliphatic carbocycles. The largest absolute Gasteiger partial charge is 0.504 e. The molecule has 1 N–H and O–H groups in total. The number of hydrogen-bond acceptors (Lipinski definition) is 7. The molecule has 1 unspecified atom stereocenters. The van der Waals surface area contributed by atoms with Crippen LogP contribution in [0.15, 0.2) is 34.5 Å². The average molecular weight is 430 g/mol. The number of esters is 1. The number of nitrogens with zero attached hydrogens (tertiary/aromatic N) is 1. The Kier molecular flexibility index (Phi) is 6.84. The zero-order valence-electron chi connectivity index (χ0n) is 18.9. The summed E-state index contributed by atoms with van der Waals surface area (Å²) >= 11 is 0. The van der Waals surface area contributed by atoms with E-state index >= 15 is 0 Å². The van der Waals surface area contributed by atoms with E-state index in [4.69, 9.17) is 14.2 Å². The van der Waals surface area contributed by atoms with E-state index in [1.807, 2.05) is 20.8 Å². The second kappa shape index (κ2) is 9.22. The summed E-state index contributed by atoms with van der Waals surface area (Å²) in [6, 6.07) is 4.97. The molecule has 0 saturated heterocycles. The summed E-state index contributed by atoms with van der Waals surface area (Å²) in [7, 11) is 1.47. The Balaban J connectivity index is 2.05. The summed E-state index contributed by atoms with van der Waals surface area (Å²) in [4.78, 5) is 31.0. The van der Waals surface area contributed by atoms with Gasteiger partial charge in [0.15, 0.2) is 17.3 Å². The third-order valence-electron chi connectivity index (χ3n) is 5.79. The minimum absolute atomic E-state index is 0.0186. The lowest BCUT2D eigenvalue weighted by Gasteiger charge is -2.39. The number of Topliss-reactive ketones (excluding diaryl/α,β-unsaturated/α-hetero) is 1. The zero-order valence-corrected chi connectivity index (χ0v) is 18.9. The lowest BCUT2D eigenvalue weighted by atomic mass is 9.67. The molecule has 2 aliphatic rings. The normalized spacial score (nSPS) is 22.6. The minimum atomic E-state index is -0.752. The van der Waals surface area contributed by atoms with Crippen LogP contribution >= 0.6 is 0 Å². The summed E-state index contributed by atoms with van der Waals surface area (Å²) in [6.45, 7) is 8.72. The number of phenols is 1. The highest BCUT2D eigenvalue weighted by molar-refractivity contribution is 6.09. The van der Waals surface area contributed by atoms with Crippen LogP contribution in [0.2, 0.25) is 0 Å². The van der Waals surface area contributed by atoms with E-state index in [0.717, 1.165) is 5.70 Å². The van der Waals surface area contributed by atoms with Crippen molar-refractivity contribution in [1.29, 1.82) is 0 Å². The molecule has 7 nitrogen and oxygen atoms in total. The molecule has 0 radical (unpaired) electrons. The van der Waals surface area contributed by atoms with Crippen LogP contribution in [-0.4, -0.2) is 49.5 Å². The highest BCUT2D eigenvalue weighted by Crippen LogP contribution is 2.48. The molecular weight excluding hydrogens is 398 g/mol. The van der Waals surface area contributed by atoms with Crippen molar-refractivity contribution in [3.05, 3.63) is 35.0 Å². The van der Waals surface area contributed by atoms with Crippen LogP contribution in [0, 0.1) is 11.3 Å². The third-order valence-corrected chi connectivity index (χ3v) is 5.79. The van der Waals surface area contributed by atoms with Gasteiger partial charge in [-0.3, -0.25) is 14.6 Å². The lowest BCUT2D eigenvalue weighted by Crippen LogP contribution is -2.39. The summed E-state index contributed by atoms with van der Waals surface area (Å²) in [5.41, 5.74) is 2.32. The van der Waals surface area contributed by atoms with Gasteiger partial charge in [0.05, 0.1) is 13.7 Å². The molecule has 0 fully saturated rings. The first-order valence-corrected chi connectivity index (χ1v) is 10.6. The highest BCUT2D eigenvalue weighted by Gasteiger charge is 2.46. The van der Waals surface area contributed by atoms with Crippen LogP contribution in [0.25, 0.3) is 0 Å². The zero-order chi connectivity index (χ0) is 22.8. The molecule has 3 rings (SSSR count). The van der Waals surface area contributed by atoms with E-state index in [2.05, 4.69) is 4.99 Å². The molecule has 168 valence electrons. The number of ketones is 1. The molecule has 7 heteroatoms. The van der Waals surface area contributed by atoms with Gasteiger partial charge in [-0.1, -0.05) is 19.9 Å². The van der Waals surface area contributed by atoms with Crippen molar-refractivity contribution in [3.63, 3.8) is 0 Å². The van der Waals surface area contributed by atoms with Gasteiger partial charge in [0.25, 0.3) is 0 Å². The van der Waals surface area contributed by atoms with Crippen molar-refractivity contribution in [1.82, 2.24) is 0 Å². The first-order chi connectivity index (χ1) is 14.7. The van der Waals surface area contributed by atoms with E-state index in [1.165, 1.54) is 7.11 Å². The van der Waals surface area contributed by atoms with Gasteiger partial charge in [0.1, 0.15) is 12.5 Å². The predicted octanol–water partition coefficient (Wildman–Crippen LogP) is 3.80. The summed E-state index contributed by atoms with van der Waals surface area (Å²) < 4.78 is 15.9. The van der Waals surface area contributed by atoms with Crippen LogP contribution in [-0.2, 0) is 19.1 Å². The van der Waals surface area contributed by atoms with Gasteiger partial charge in [-0.2, -0.15) is 0 Å². The number of ether oxygens (including phenoxy) is 3. The van der Waals surface area contributed by atoms with Gasteiger partial charge < -0.3 is 19.3 Å². The van der Waals surface area contributed by atoms with E-state index in [-0.39, 0.29) is 23.6 Å². The topological polar surface area (TPSA) is 94.4 Å². The lowest BCUT2D eigenvalue weighted by molar-refractivity contribution is -0.148. The molecule has 1 aromatic rings. The Hall–Kier alpha value is -2.67. The fraction of sp³-hybridized carbons (Fsp3) is 0.542. The number of rotatable bonds is 7. The number of carbonyl (C=O) groups is 2. The molecule has 0 bridgehead atoms. The Morgan fingerprint density at radius 3 is 2.65 bits per heavy atom. The van der Waals surface area contributed by atoms with E-state index in [0.29, 0.717) is 48.7 Å². The fourth-order valence-corrected chi connectivity index (χ4v) is 4.45. The summed E-state index contributed by atoms with van der Waals surface area (Å²) in [5, 5.41) is 10.4. The van der Waals surface area contributed by atoms with Gasteiger partial charge in [-0.15, -0.1) is 0 Å². The molecular formula is C24H31NO6. The molecule has 2 atom stereocenters. The number of allylic oxidation sites excluding steroid dienone is 2. The Labute approximate surface area is 183 Å². The number of aliphatic imine (C=N–C) groups is 1. The van der Waals surface area contributed by atoms with E-state index < -0.39 is 17.8 Å². The van der Waals surface area contributed by atoms with Crippen molar-refractivity contribution in [3.8, 4) is 11.5 Å². The molecule has 0 amide bonds. The van der Waals surface area contributed by atoms with Gasteiger partial charge in [0.2, 0.25) is 0 Å². The van der Waals surface area contributed by atoms with Crippen LogP contribution in [0.5, 0.6) is 11.5 Å². The highest BCUT2D eigenvalue weighted by atomic mass is 16.6. The predicted molar refractivity (Wildman–Crippen MR) is 116 cm³/mol. The second-order valence-corrected chi connectivity index (χ2v) is 8.81. The van der Waals surface area contributed by atoms with Gasteiger partial charge >= 0.3 is 5.97 Å². The standard InChI is InChI=1S/C24H31NO6/c1-6-30-9-10-31-23(28)20-14(2)25-16-12-24(3,4)13-18(27)22(16)21(20)15-7-8-19(29-5)17(26)11-15/h7-8,11,20-21,26H,6,9-10,12-13H2,1-5H3/t20?,21-/m1/s1. The molecule has 1 heterocycles. The molecule has 1 aromatic carbocycles. The molecule has 0 aromatic heterocycles. The van der Waals surface area contributed by atoms with Crippen LogP contribution < -0.4 is 4.74 Å². The molecule has 0 spiro atoms. The Morgan fingerprint density at radius 2 is 2.00 bits per heavy atom. The number of benzene rings is 1. The van der Waals surface area contributed by atoms with Crippen molar-refractivity contribution in [2.24, 2.45) is 16.3 Å². The Morgan fingerprint density at radius 1 is 1.26 bits per heavy atom. The second-order valence-electron chi connectivity index (χ2n) is 8.81. The fourth-order valence-electron chi connectivity index (χ4n) is 4.45. The number of hydrogen-bond donors (Lipinski definition) is 1. The van der Waals surface area contributed by atoms with E-state index in [9.17, 15) is 14.7 Å². The maximum absolute atomic E-state index is 13.2. The van der Waals surface area contributed by atoms with Crippen molar-refractivity contribution in [2.45, 2.75) is 46.5 Å². The van der Waals surface area contributed by atoms with Gasteiger partial charge in [-0.05, 0) is 43.4 Å². The van der Waals surface area contributed by atoms with Crippen molar-refractivity contribution < 1.29 is 28.9 Å². The smallest absolute Gasteiger partial charge is 0.315 e. The minimum Gasteiger partial charge on any atom is -0.504 e. The first-order valence-electron chi connectivity index (χ1n) is 10.6. The van der Waals surface area contributed by atoms with Gasteiger partial charge in [0, 0.05) is 35.9 Å². The van der Waals surface area contributed by atoms with Crippen molar-refractivity contribution in [2.75, 3.05) is 26.9 Å². The van der Waals surface area contributed by atoms with Crippen LogP contribution in [0.1, 0.15) is 52.0 Å². The average Bonchev–Trinajstić information content (AvgIpc) is 2.69. The maximum Gasteiger partial charge on any atom is 0.315 e. The number of carbonyl (C=O) groups excluding carboxylic acids is 2. The van der Waals surface area contributed by atoms with Crippen LogP contribution in [0.4, 0.5) is 0 Å². The third kappa shape index (κ3) is 4.82. The van der Waals surface area contributed by atoms with E-state index in [1.54, 1.807) is 25.1 Å². The monoisotopic (exact) mass is 429 g/mol. The van der Waals surface area contributed by atoms with Crippen LogP contribution in [0.3, 0.4) is 0 Å². The quantitative estimate of drug-likeness (QED) is 0.523. The summed E-state index contributed by atoms with van der Waals surface area (Å²) in [5.74, 6) is -1.52. The van der Waals surface area contributed by atoms with Crippen molar-refractivity contribution >= 4 is 17.5 Å².